The molecule has 2 heteroatoms. The highest BCUT2D eigenvalue weighted by Crippen LogP contribution is 2.34. The first-order valence-electron chi connectivity index (χ1n) is 6.48. The van der Waals surface area contributed by atoms with Crippen molar-refractivity contribution in [2.45, 2.75) is 59.0 Å². The number of rotatable bonds is 6. The summed E-state index contributed by atoms with van der Waals surface area (Å²) >= 11 is 1.91. The number of nitrogens with one attached hydrogen (secondary N) is 1. The molecule has 1 aliphatic carbocycles. The van der Waals surface area contributed by atoms with Gasteiger partial charge in [-0.25, -0.2) is 0 Å². The normalized spacial score (nSPS) is 17.7. The molecule has 0 radical (unpaired) electrons. The lowest BCUT2D eigenvalue weighted by molar-refractivity contribution is 0.445. The van der Waals surface area contributed by atoms with E-state index in [0.717, 1.165) is 18.5 Å². The van der Waals surface area contributed by atoms with Crippen LogP contribution in [-0.2, 0) is 6.54 Å². The molecule has 1 heterocycles. The van der Waals surface area contributed by atoms with Crippen molar-refractivity contribution >= 4 is 11.3 Å². The zero-order chi connectivity index (χ0) is 11.5. The van der Waals surface area contributed by atoms with Gasteiger partial charge in [-0.1, -0.05) is 19.8 Å². The highest BCUT2D eigenvalue weighted by Gasteiger charge is 2.24. The van der Waals surface area contributed by atoms with E-state index in [2.05, 4.69) is 32.2 Å². The van der Waals surface area contributed by atoms with Crippen molar-refractivity contribution in [1.29, 1.82) is 0 Å². The molecule has 0 bridgehead atoms. The van der Waals surface area contributed by atoms with Crippen LogP contribution < -0.4 is 5.32 Å². The van der Waals surface area contributed by atoms with Gasteiger partial charge in [0.25, 0.3) is 0 Å². The van der Waals surface area contributed by atoms with Crippen LogP contribution in [0.4, 0.5) is 0 Å². The molecule has 1 aromatic heterocycles. The molecule has 1 saturated carbocycles. The van der Waals surface area contributed by atoms with Gasteiger partial charge in [0.05, 0.1) is 0 Å². The Balaban J connectivity index is 1.82. The highest BCUT2D eigenvalue weighted by atomic mass is 32.1. The Kier molecular flexibility index (Phi) is 4.04. The van der Waals surface area contributed by atoms with E-state index in [-0.39, 0.29) is 0 Å². The minimum Gasteiger partial charge on any atom is -0.310 e. The standard InChI is InChI=1S/C14H23NS/c1-4-14(8-12-5-6-12)15-9-13-7-10(2)16-11(13)3/h7,12,14-15H,4-6,8-9H2,1-3H3. The van der Waals surface area contributed by atoms with E-state index >= 15 is 0 Å². The second-order valence-corrected chi connectivity index (χ2v) is 6.56. The molecule has 16 heavy (non-hydrogen) atoms. The van der Waals surface area contributed by atoms with Gasteiger partial charge >= 0.3 is 0 Å². The molecule has 90 valence electrons. The van der Waals surface area contributed by atoms with Gasteiger partial charge in [0.15, 0.2) is 0 Å². The summed E-state index contributed by atoms with van der Waals surface area (Å²) < 4.78 is 0. The van der Waals surface area contributed by atoms with Gasteiger partial charge in [-0.05, 0) is 44.2 Å². The Labute approximate surface area is 103 Å². The monoisotopic (exact) mass is 237 g/mol. The molecule has 1 unspecified atom stereocenters. The van der Waals surface area contributed by atoms with Crippen molar-refractivity contribution < 1.29 is 0 Å². The van der Waals surface area contributed by atoms with Crippen LogP contribution >= 0.6 is 11.3 Å². The zero-order valence-electron chi connectivity index (χ0n) is 10.7. The number of hydrogen-bond donors (Lipinski definition) is 1. The smallest absolute Gasteiger partial charge is 0.0219 e. The van der Waals surface area contributed by atoms with Crippen LogP contribution in [0.15, 0.2) is 6.07 Å². The summed E-state index contributed by atoms with van der Waals surface area (Å²) in [5.74, 6) is 1.03. The summed E-state index contributed by atoms with van der Waals surface area (Å²) in [6.45, 7) is 7.78. The van der Waals surface area contributed by atoms with Gasteiger partial charge in [0.2, 0.25) is 0 Å². The second-order valence-electron chi connectivity index (χ2n) is 5.10. The SMILES string of the molecule is CCC(CC1CC1)NCc1cc(C)sc1C. The second kappa shape index (κ2) is 5.33. The lowest BCUT2D eigenvalue weighted by atomic mass is 10.1. The molecule has 0 amide bonds. The molecule has 1 aliphatic rings. The van der Waals surface area contributed by atoms with Crippen molar-refractivity contribution in [1.82, 2.24) is 5.32 Å². The molecular formula is C14H23NS. The van der Waals surface area contributed by atoms with Crippen LogP contribution in [-0.4, -0.2) is 6.04 Å². The molecule has 1 aromatic rings. The molecule has 0 saturated heterocycles. The van der Waals surface area contributed by atoms with E-state index in [4.69, 9.17) is 0 Å². The first kappa shape index (κ1) is 12.1. The maximum atomic E-state index is 3.72. The largest absolute Gasteiger partial charge is 0.310 e. The quantitative estimate of drug-likeness (QED) is 0.787. The van der Waals surface area contributed by atoms with Gasteiger partial charge in [-0.3, -0.25) is 0 Å². The maximum Gasteiger partial charge on any atom is 0.0219 e. The third-order valence-electron chi connectivity index (χ3n) is 3.53. The number of hydrogen-bond acceptors (Lipinski definition) is 2. The third kappa shape index (κ3) is 3.33. The summed E-state index contributed by atoms with van der Waals surface area (Å²) in [5, 5.41) is 3.72. The molecule has 0 aromatic carbocycles. The molecule has 0 aliphatic heterocycles. The highest BCUT2D eigenvalue weighted by molar-refractivity contribution is 7.12. The third-order valence-corrected chi connectivity index (χ3v) is 4.54. The molecular weight excluding hydrogens is 214 g/mol. The summed E-state index contributed by atoms with van der Waals surface area (Å²) in [6, 6.07) is 3.06. The lowest BCUT2D eigenvalue weighted by Gasteiger charge is -2.16. The van der Waals surface area contributed by atoms with Gasteiger partial charge in [-0.15, -0.1) is 11.3 Å². The van der Waals surface area contributed by atoms with Crippen molar-refractivity contribution in [2.24, 2.45) is 5.92 Å². The molecule has 1 N–H and O–H groups in total. The predicted molar refractivity (Wildman–Crippen MR) is 72.1 cm³/mol. The van der Waals surface area contributed by atoms with Crippen LogP contribution in [0.5, 0.6) is 0 Å². The minimum absolute atomic E-state index is 0.729. The fraction of sp³-hybridized carbons (Fsp3) is 0.714. The van der Waals surface area contributed by atoms with Crippen LogP contribution in [0.25, 0.3) is 0 Å². The molecule has 0 spiro atoms. The Morgan fingerprint density at radius 2 is 2.19 bits per heavy atom. The predicted octanol–water partition coefficient (Wildman–Crippen LogP) is 4.03. The summed E-state index contributed by atoms with van der Waals surface area (Å²) in [5.41, 5.74) is 1.50. The summed E-state index contributed by atoms with van der Waals surface area (Å²) in [4.78, 5) is 2.91. The average molecular weight is 237 g/mol. The topological polar surface area (TPSA) is 12.0 Å². The van der Waals surface area contributed by atoms with Gasteiger partial charge in [0.1, 0.15) is 0 Å². The van der Waals surface area contributed by atoms with Crippen molar-refractivity contribution in [3.8, 4) is 0 Å². The Morgan fingerprint density at radius 1 is 1.44 bits per heavy atom. The van der Waals surface area contributed by atoms with Crippen molar-refractivity contribution in [3.63, 3.8) is 0 Å². The van der Waals surface area contributed by atoms with Crippen LogP contribution in [0, 0.1) is 19.8 Å². The number of thiophene rings is 1. The van der Waals surface area contributed by atoms with E-state index in [1.807, 2.05) is 11.3 Å². The summed E-state index contributed by atoms with van der Waals surface area (Å²) in [6.07, 6.45) is 5.58. The minimum atomic E-state index is 0.729. The van der Waals surface area contributed by atoms with Gasteiger partial charge in [0, 0.05) is 22.3 Å². The zero-order valence-corrected chi connectivity index (χ0v) is 11.5. The van der Waals surface area contributed by atoms with E-state index in [1.165, 1.54) is 41.0 Å². The van der Waals surface area contributed by atoms with E-state index in [0.29, 0.717) is 0 Å². The maximum absolute atomic E-state index is 3.72. The van der Waals surface area contributed by atoms with Gasteiger partial charge in [-0.2, -0.15) is 0 Å². The Morgan fingerprint density at radius 3 is 2.69 bits per heavy atom. The van der Waals surface area contributed by atoms with Gasteiger partial charge < -0.3 is 5.32 Å². The summed E-state index contributed by atoms with van der Waals surface area (Å²) in [7, 11) is 0. The Bertz CT molecular complexity index is 339. The van der Waals surface area contributed by atoms with E-state index < -0.39 is 0 Å². The van der Waals surface area contributed by atoms with Crippen molar-refractivity contribution in [2.75, 3.05) is 0 Å². The first-order chi connectivity index (χ1) is 7.69. The average Bonchev–Trinajstić information content (AvgIpc) is 3.00. The van der Waals surface area contributed by atoms with E-state index in [9.17, 15) is 0 Å². The van der Waals surface area contributed by atoms with E-state index in [1.54, 1.807) is 0 Å². The Hall–Kier alpha value is -0.340. The van der Waals surface area contributed by atoms with Crippen molar-refractivity contribution in [3.05, 3.63) is 21.4 Å². The fourth-order valence-corrected chi connectivity index (χ4v) is 3.21. The molecule has 1 nitrogen and oxygen atoms in total. The van der Waals surface area contributed by atoms with Crippen LogP contribution in [0.2, 0.25) is 0 Å². The van der Waals surface area contributed by atoms with Crippen LogP contribution in [0.1, 0.15) is 47.9 Å². The molecule has 1 atom stereocenters. The fourth-order valence-electron chi connectivity index (χ4n) is 2.26. The number of aryl methyl sites for hydroxylation is 2. The van der Waals surface area contributed by atoms with Crippen LogP contribution in [0.3, 0.4) is 0 Å². The molecule has 1 fully saturated rings. The molecule has 2 rings (SSSR count). The first-order valence-corrected chi connectivity index (χ1v) is 7.30. The lowest BCUT2D eigenvalue weighted by Crippen LogP contribution is -2.28.